The van der Waals surface area contributed by atoms with Crippen LogP contribution in [0.15, 0.2) is 24.3 Å². The fourth-order valence-corrected chi connectivity index (χ4v) is 2.76. The maximum atomic E-state index is 12.5. The maximum Gasteiger partial charge on any atom is 0.254 e. The van der Waals surface area contributed by atoms with Crippen molar-refractivity contribution in [3.8, 4) is 0 Å². The van der Waals surface area contributed by atoms with Crippen LogP contribution in [0, 0.1) is 0 Å². The second-order valence-electron chi connectivity index (χ2n) is 5.83. The first-order chi connectivity index (χ1) is 10.6. The first-order valence-electron chi connectivity index (χ1n) is 7.97. The third kappa shape index (κ3) is 4.45. The molecular formula is C17H26N2O3. The molecule has 2 N–H and O–H groups in total. The topological polar surface area (TPSA) is 61.8 Å². The van der Waals surface area contributed by atoms with E-state index in [0.29, 0.717) is 18.7 Å². The molecular weight excluding hydrogens is 280 g/mol. The van der Waals surface area contributed by atoms with Crippen molar-refractivity contribution in [3.63, 3.8) is 0 Å². The molecule has 1 aromatic carbocycles. The van der Waals surface area contributed by atoms with E-state index in [4.69, 9.17) is 4.74 Å². The molecule has 2 atom stereocenters. The van der Waals surface area contributed by atoms with Gasteiger partial charge in [-0.2, -0.15) is 0 Å². The molecule has 122 valence electrons. The maximum absolute atomic E-state index is 12.5. The highest BCUT2D eigenvalue weighted by Crippen LogP contribution is 2.17. The average Bonchev–Trinajstić information content (AvgIpc) is 2.54. The quantitative estimate of drug-likeness (QED) is 0.845. The van der Waals surface area contributed by atoms with E-state index >= 15 is 0 Å². The number of aliphatic hydroxyl groups is 1. The van der Waals surface area contributed by atoms with E-state index in [1.807, 2.05) is 24.3 Å². The SMILES string of the molecule is CCC(COC)Nc1cccc(C(=O)N2CCCC(O)C2)c1. The van der Waals surface area contributed by atoms with Crippen LogP contribution in [0.25, 0.3) is 0 Å². The molecule has 0 spiro atoms. The summed E-state index contributed by atoms with van der Waals surface area (Å²) in [4.78, 5) is 14.3. The van der Waals surface area contributed by atoms with Crippen molar-refractivity contribution in [2.24, 2.45) is 0 Å². The highest BCUT2D eigenvalue weighted by atomic mass is 16.5. The lowest BCUT2D eigenvalue weighted by atomic mass is 10.1. The summed E-state index contributed by atoms with van der Waals surface area (Å²) in [7, 11) is 1.69. The predicted octanol–water partition coefficient (Wildman–Crippen LogP) is 2.12. The Kier molecular flexibility index (Phi) is 6.21. The summed E-state index contributed by atoms with van der Waals surface area (Å²) in [5.41, 5.74) is 1.58. The number of carbonyl (C=O) groups is 1. The Morgan fingerprint density at radius 1 is 1.55 bits per heavy atom. The van der Waals surface area contributed by atoms with Crippen LogP contribution in [-0.2, 0) is 4.74 Å². The molecule has 1 fully saturated rings. The van der Waals surface area contributed by atoms with Gasteiger partial charge in [0.05, 0.1) is 12.7 Å². The normalized spacial score (nSPS) is 19.8. The molecule has 0 saturated carbocycles. The van der Waals surface area contributed by atoms with Crippen molar-refractivity contribution in [3.05, 3.63) is 29.8 Å². The van der Waals surface area contributed by atoms with Crippen LogP contribution in [0.2, 0.25) is 0 Å². The summed E-state index contributed by atoms with van der Waals surface area (Å²) in [6, 6.07) is 7.77. The summed E-state index contributed by atoms with van der Waals surface area (Å²) in [5.74, 6) is -0.0119. The van der Waals surface area contributed by atoms with Crippen molar-refractivity contribution >= 4 is 11.6 Å². The van der Waals surface area contributed by atoms with Gasteiger partial charge < -0.3 is 20.1 Å². The van der Waals surface area contributed by atoms with Crippen LogP contribution < -0.4 is 5.32 Å². The number of rotatable bonds is 6. The number of aliphatic hydroxyl groups excluding tert-OH is 1. The fraction of sp³-hybridized carbons (Fsp3) is 0.588. The standard InChI is InChI=1S/C17H26N2O3/c1-3-14(12-22-2)18-15-7-4-6-13(10-15)17(21)19-9-5-8-16(20)11-19/h4,6-7,10,14,16,18,20H,3,5,8-9,11-12H2,1-2H3. The van der Waals surface area contributed by atoms with Gasteiger partial charge in [-0.25, -0.2) is 0 Å². The minimum atomic E-state index is -0.398. The zero-order chi connectivity index (χ0) is 15.9. The molecule has 2 rings (SSSR count). The monoisotopic (exact) mass is 306 g/mol. The Labute approximate surface area is 132 Å². The van der Waals surface area contributed by atoms with Gasteiger partial charge in [0.15, 0.2) is 0 Å². The van der Waals surface area contributed by atoms with Crippen LogP contribution >= 0.6 is 0 Å². The molecule has 1 saturated heterocycles. The van der Waals surface area contributed by atoms with Crippen LogP contribution in [0.1, 0.15) is 36.5 Å². The summed E-state index contributed by atoms with van der Waals surface area (Å²) < 4.78 is 5.19. The van der Waals surface area contributed by atoms with Gasteiger partial charge in [-0.15, -0.1) is 0 Å². The lowest BCUT2D eigenvalue weighted by Crippen LogP contribution is -2.42. The van der Waals surface area contributed by atoms with Gasteiger partial charge in [-0.1, -0.05) is 13.0 Å². The second-order valence-corrected chi connectivity index (χ2v) is 5.83. The zero-order valence-corrected chi connectivity index (χ0v) is 13.4. The number of likely N-dealkylation sites (tertiary alicyclic amines) is 1. The molecule has 5 heteroatoms. The Morgan fingerprint density at radius 3 is 3.05 bits per heavy atom. The smallest absolute Gasteiger partial charge is 0.254 e. The van der Waals surface area contributed by atoms with Gasteiger partial charge >= 0.3 is 0 Å². The number of benzene rings is 1. The first kappa shape index (κ1) is 16.8. The zero-order valence-electron chi connectivity index (χ0n) is 13.4. The second kappa shape index (κ2) is 8.15. The van der Waals surface area contributed by atoms with Crippen molar-refractivity contribution in [2.75, 3.05) is 32.1 Å². The number of ether oxygens (including phenoxy) is 1. The molecule has 1 heterocycles. The molecule has 22 heavy (non-hydrogen) atoms. The number of piperidine rings is 1. The molecule has 0 aliphatic carbocycles. The van der Waals surface area contributed by atoms with E-state index in [0.717, 1.165) is 31.5 Å². The van der Waals surface area contributed by atoms with Crippen molar-refractivity contribution in [1.29, 1.82) is 0 Å². The van der Waals surface area contributed by atoms with E-state index in [1.54, 1.807) is 12.0 Å². The predicted molar refractivity (Wildman–Crippen MR) is 87.2 cm³/mol. The Morgan fingerprint density at radius 2 is 2.36 bits per heavy atom. The lowest BCUT2D eigenvalue weighted by Gasteiger charge is -2.30. The number of nitrogens with zero attached hydrogens (tertiary/aromatic N) is 1. The highest BCUT2D eigenvalue weighted by Gasteiger charge is 2.23. The van der Waals surface area contributed by atoms with Crippen LogP contribution in [0.5, 0.6) is 0 Å². The molecule has 1 aliphatic rings. The number of methoxy groups -OCH3 is 1. The summed E-state index contributed by atoms with van der Waals surface area (Å²) in [6.07, 6.45) is 2.19. The van der Waals surface area contributed by atoms with Crippen molar-refractivity contribution < 1.29 is 14.6 Å². The third-order valence-corrected chi connectivity index (χ3v) is 4.02. The van der Waals surface area contributed by atoms with Gasteiger partial charge in [-0.3, -0.25) is 4.79 Å². The number of anilines is 1. The molecule has 0 bridgehead atoms. The lowest BCUT2D eigenvalue weighted by molar-refractivity contribution is 0.0474. The van der Waals surface area contributed by atoms with E-state index < -0.39 is 6.10 Å². The number of amides is 1. The number of nitrogens with one attached hydrogen (secondary N) is 1. The molecule has 2 unspecified atom stereocenters. The molecule has 0 radical (unpaired) electrons. The Balaban J connectivity index is 2.05. The average molecular weight is 306 g/mol. The Hall–Kier alpha value is -1.59. The van der Waals surface area contributed by atoms with Gasteiger partial charge in [0.25, 0.3) is 5.91 Å². The number of hydrogen-bond donors (Lipinski definition) is 2. The Bertz CT molecular complexity index is 493. The summed E-state index contributed by atoms with van der Waals surface area (Å²) in [6.45, 7) is 3.88. The van der Waals surface area contributed by atoms with Gasteiger partial charge in [0.2, 0.25) is 0 Å². The van der Waals surface area contributed by atoms with Crippen molar-refractivity contribution in [1.82, 2.24) is 4.90 Å². The van der Waals surface area contributed by atoms with Gasteiger partial charge in [-0.05, 0) is 37.5 Å². The molecule has 1 aliphatic heterocycles. The van der Waals surface area contributed by atoms with E-state index in [1.165, 1.54) is 0 Å². The molecule has 5 nitrogen and oxygen atoms in total. The van der Waals surface area contributed by atoms with Crippen LogP contribution in [0.4, 0.5) is 5.69 Å². The highest BCUT2D eigenvalue weighted by molar-refractivity contribution is 5.95. The van der Waals surface area contributed by atoms with Crippen LogP contribution in [-0.4, -0.2) is 54.9 Å². The summed E-state index contributed by atoms with van der Waals surface area (Å²) in [5, 5.41) is 13.1. The summed E-state index contributed by atoms with van der Waals surface area (Å²) >= 11 is 0. The third-order valence-electron chi connectivity index (χ3n) is 4.02. The van der Waals surface area contributed by atoms with E-state index in [9.17, 15) is 9.90 Å². The first-order valence-corrected chi connectivity index (χ1v) is 7.97. The molecule has 0 aromatic heterocycles. The van der Waals surface area contributed by atoms with Gasteiger partial charge in [0, 0.05) is 37.5 Å². The number of carbonyl (C=O) groups excluding carboxylic acids is 1. The van der Waals surface area contributed by atoms with E-state index in [-0.39, 0.29) is 11.9 Å². The van der Waals surface area contributed by atoms with Crippen molar-refractivity contribution in [2.45, 2.75) is 38.3 Å². The van der Waals surface area contributed by atoms with Crippen LogP contribution in [0.3, 0.4) is 0 Å². The number of hydrogen-bond acceptors (Lipinski definition) is 4. The number of β-amino-alcohol motifs (C(OH)–C–C–N with tert-alkyl or cyclic N) is 1. The minimum absolute atomic E-state index is 0.0119. The van der Waals surface area contributed by atoms with E-state index in [2.05, 4.69) is 12.2 Å². The molecule has 1 amide bonds. The fourth-order valence-electron chi connectivity index (χ4n) is 2.76. The molecule has 1 aromatic rings. The minimum Gasteiger partial charge on any atom is -0.391 e. The van der Waals surface area contributed by atoms with Gasteiger partial charge in [0.1, 0.15) is 0 Å². The largest absolute Gasteiger partial charge is 0.391 e.